The highest BCUT2D eigenvalue weighted by Crippen LogP contribution is 2.46. The summed E-state index contributed by atoms with van der Waals surface area (Å²) in [5.74, 6) is 9.36. The molecule has 0 saturated heterocycles. The van der Waals surface area contributed by atoms with Crippen molar-refractivity contribution in [1.82, 2.24) is 58.1 Å². The second-order valence-corrected chi connectivity index (χ2v) is 21.7. The summed E-state index contributed by atoms with van der Waals surface area (Å²) in [7, 11) is 0. The number of aliphatic carboxylic acids is 1. The Bertz CT molecular complexity index is 4610. The number of hydrazine groups is 2. The number of pyridine rings is 3. The first-order valence-corrected chi connectivity index (χ1v) is 27.9. The zero-order valence-electron chi connectivity index (χ0n) is 46.8. The number of carbonyl (C=O) groups is 2. The van der Waals surface area contributed by atoms with E-state index in [2.05, 4.69) is 75.8 Å². The minimum atomic E-state index is -0.632. The van der Waals surface area contributed by atoms with Crippen LogP contribution in [-0.2, 0) is 9.59 Å². The highest BCUT2D eigenvalue weighted by atomic mass is 19.1. The number of nitrogens with one attached hydrogen (secondary N) is 3. The van der Waals surface area contributed by atoms with Crippen molar-refractivity contribution in [3.63, 3.8) is 0 Å². The summed E-state index contributed by atoms with van der Waals surface area (Å²) in [6.07, 6.45) is 18.5. The van der Waals surface area contributed by atoms with Crippen LogP contribution in [-0.4, -0.2) is 69.7 Å². The van der Waals surface area contributed by atoms with Crippen LogP contribution in [0.15, 0.2) is 178 Å². The molecule has 6 unspecified atom stereocenters. The van der Waals surface area contributed by atoms with Gasteiger partial charge in [0.15, 0.2) is 5.65 Å². The molecular formula is C63H54F3N15O6. The van der Waals surface area contributed by atoms with Crippen molar-refractivity contribution < 1.29 is 41.1 Å². The lowest BCUT2D eigenvalue weighted by molar-refractivity contribution is -0.138. The van der Waals surface area contributed by atoms with Gasteiger partial charge < -0.3 is 23.8 Å². The number of nitrogens with zero attached hydrogens (tertiary/aromatic N) is 11. The number of benzene rings is 3. The van der Waals surface area contributed by atoms with E-state index in [0.717, 1.165) is 86.9 Å². The Morgan fingerprint density at radius 1 is 0.529 bits per heavy atom. The van der Waals surface area contributed by atoms with Crippen molar-refractivity contribution in [2.45, 2.75) is 46.0 Å². The van der Waals surface area contributed by atoms with Gasteiger partial charge in [0.2, 0.25) is 5.91 Å². The third-order valence-electron chi connectivity index (χ3n) is 15.7. The average Bonchev–Trinajstić information content (AvgIpc) is 1.73. The average molecular weight is 1170 g/mol. The molecule has 87 heavy (non-hydrogen) atoms. The second-order valence-electron chi connectivity index (χ2n) is 21.7. The molecule has 13 aromatic rings. The number of carboxylic acid groups (broad SMARTS) is 1. The summed E-state index contributed by atoms with van der Waals surface area (Å²) >= 11 is 0. The molecule has 3 aliphatic rings. The first-order valence-electron chi connectivity index (χ1n) is 27.9. The Labute approximate surface area is 492 Å². The van der Waals surface area contributed by atoms with Crippen LogP contribution in [0.5, 0.6) is 0 Å². The number of halogens is 3. The van der Waals surface area contributed by atoms with Gasteiger partial charge in [0.25, 0.3) is 0 Å². The number of carbonyl (C=O) groups excluding carboxylic acids is 1. The lowest BCUT2D eigenvalue weighted by Crippen LogP contribution is -2.31. The number of anilines is 2. The predicted molar refractivity (Wildman–Crippen MR) is 315 cm³/mol. The molecule has 21 nitrogen and oxygen atoms in total. The first-order chi connectivity index (χ1) is 42.3. The van der Waals surface area contributed by atoms with Gasteiger partial charge in [-0.1, -0.05) is 20.8 Å². The van der Waals surface area contributed by atoms with Crippen LogP contribution >= 0.6 is 0 Å². The number of rotatable bonds is 12. The van der Waals surface area contributed by atoms with Crippen LogP contribution in [0.1, 0.15) is 51.8 Å². The minimum Gasteiger partial charge on any atom is -0.481 e. The molecule has 16 rings (SSSR count). The highest BCUT2D eigenvalue weighted by Gasteiger charge is 2.40. The normalized spacial score (nSPS) is 18.1. The van der Waals surface area contributed by atoms with Crippen molar-refractivity contribution in [2.24, 2.45) is 35.4 Å². The van der Waals surface area contributed by atoms with E-state index in [-0.39, 0.29) is 35.2 Å². The molecule has 24 heteroatoms. The maximum absolute atomic E-state index is 13.4. The largest absolute Gasteiger partial charge is 0.481 e. The van der Waals surface area contributed by atoms with E-state index in [4.69, 9.17) is 24.2 Å². The number of hydrogen-bond donors (Lipinski definition) is 5. The molecule has 3 aromatic carbocycles. The van der Waals surface area contributed by atoms with Crippen molar-refractivity contribution in [3.05, 3.63) is 188 Å². The number of amides is 1. The van der Waals surface area contributed by atoms with Crippen LogP contribution in [0, 0.1) is 47.0 Å². The maximum Gasteiger partial charge on any atom is 0.306 e. The number of oxazole rings is 3. The summed E-state index contributed by atoms with van der Waals surface area (Å²) in [6.45, 7) is 6.24. The molecule has 3 aliphatic carbocycles. The van der Waals surface area contributed by atoms with Crippen LogP contribution in [0.4, 0.5) is 24.8 Å². The van der Waals surface area contributed by atoms with Gasteiger partial charge in [0.1, 0.15) is 70.8 Å². The molecule has 0 spiro atoms. The van der Waals surface area contributed by atoms with E-state index in [1.165, 1.54) is 36.4 Å². The molecule has 6 N–H and O–H groups in total. The number of imidazole rings is 3. The highest BCUT2D eigenvalue weighted by molar-refractivity contribution is 5.85. The summed E-state index contributed by atoms with van der Waals surface area (Å²) in [5, 5.41) is 16.9. The second kappa shape index (κ2) is 22.9. The Morgan fingerprint density at radius 3 is 1.32 bits per heavy atom. The Kier molecular flexibility index (Phi) is 14.6. The summed E-state index contributed by atoms with van der Waals surface area (Å²) < 4.78 is 63.8. The molecule has 6 atom stereocenters. The number of fused-ring (bicyclic) bond motifs is 4. The van der Waals surface area contributed by atoms with E-state index in [9.17, 15) is 22.8 Å². The van der Waals surface area contributed by atoms with E-state index in [1.54, 1.807) is 92.1 Å². The molecule has 3 fully saturated rings. The Balaban J connectivity index is 0.000000115. The van der Waals surface area contributed by atoms with E-state index in [0.29, 0.717) is 64.2 Å². The smallest absolute Gasteiger partial charge is 0.306 e. The molecular weight excluding hydrogens is 1120 g/mol. The zero-order chi connectivity index (χ0) is 60.0. The van der Waals surface area contributed by atoms with Gasteiger partial charge in [-0.15, -0.1) is 10.2 Å². The van der Waals surface area contributed by atoms with Crippen molar-refractivity contribution in [1.29, 1.82) is 0 Å². The molecule has 0 aliphatic heterocycles. The zero-order valence-corrected chi connectivity index (χ0v) is 46.8. The monoisotopic (exact) mass is 1170 g/mol. The lowest BCUT2D eigenvalue weighted by atomic mass is 10.1. The number of nitrogen functional groups attached to an aromatic ring is 1. The Hall–Kier alpha value is -10.9. The fourth-order valence-electron chi connectivity index (χ4n) is 10.4. The number of hydrogen-bond acceptors (Lipinski definition) is 15. The molecule has 0 radical (unpaired) electrons. The van der Waals surface area contributed by atoms with Crippen molar-refractivity contribution >= 4 is 46.7 Å². The molecule has 10 aromatic heterocycles. The Morgan fingerprint density at radius 2 is 0.943 bits per heavy atom. The molecule has 0 bridgehead atoms. The van der Waals surface area contributed by atoms with Gasteiger partial charge in [-0.3, -0.25) is 38.0 Å². The van der Waals surface area contributed by atoms with Crippen LogP contribution in [0.25, 0.3) is 90.7 Å². The van der Waals surface area contributed by atoms with Gasteiger partial charge >= 0.3 is 23.5 Å². The fraction of sp³-hybridized carbons (Fsp3) is 0.190. The molecule has 3 saturated carbocycles. The van der Waals surface area contributed by atoms with Gasteiger partial charge in [-0.25, -0.2) is 29.0 Å². The topological polar surface area (TPSA) is 264 Å². The third-order valence-corrected chi connectivity index (χ3v) is 15.7. The van der Waals surface area contributed by atoms with Crippen molar-refractivity contribution in [2.75, 3.05) is 10.9 Å². The van der Waals surface area contributed by atoms with Crippen LogP contribution in [0.2, 0.25) is 0 Å². The van der Waals surface area contributed by atoms with Crippen LogP contribution in [0.3, 0.4) is 0 Å². The fourth-order valence-corrected chi connectivity index (χ4v) is 10.4. The first kappa shape index (κ1) is 55.3. The van der Waals surface area contributed by atoms with Crippen LogP contribution < -0.4 is 22.1 Å². The SMILES string of the molecule is CC1CC1C(=O)NNc1ccc(-c2c(-c3ccc(F)cc3)nc3occn23)cn1.CC1CC1C(=O)O.CC1CC1c1nnc2ccc(-c3c(-c4ccc(F)cc4)nc4occn34)cn12.NNc1ccc(-c2c(-c3ccc(F)cc3)nc3occn23)cn1. The summed E-state index contributed by atoms with van der Waals surface area (Å²) in [4.78, 5) is 44.2. The summed E-state index contributed by atoms with van der Waals surface area (Å²) in [6, 6.07) is 29.9. The molecule has 438 valence electrons. The van der Waals surface area contributed by atoms with E-state index < -0.39 is 5.97 Å². The number of aromatic nitrogens is 11. The lowest BCUT2D eigenvalue weighted by Gasteiger charge is -2.09. The third kappa shape index (κ3) is 11.3. The van der Waals surface area contributed by atoms with Gasteiger partial charge in [0, 0.05) is 82.4 Å². The predicted octanol–water partition coefficient (Wildman–Crippen LogP) is 12.3. The number of nitrogens with two attached hydrogens (primary N) is 1. The van der Waals surface area contributed by atoms with Gasteiger partial charge in [-0.05, 0) is 146 Å². The van der Waals surface area contributed by atoms with E-state index in [1.807, 2.05) is 50.6 Å². The minimum absolute atomic E-state index is 0.0139. The summed E-state index contributed by atoms with van der Waals surface area (Å²) in [5.41, 5.74) is 18.5. The molecule has 10 heterocycles. The molecule has 1 amide bonds. The number of carboxylic acids is 1. The van der Waals surface area contributed by atoms with Crippen molar-refractivity contribution in [3.8, 4) is 67.5 Å². The van der Waals surface area contributed by atoms with Gasteiger partial charge in [-0.2, -0.15) is 15.0 Å². The standard InChI is InChI=1S/C21H18FN5O2.C21H16FN5O.C16H12FN5O.C5H8O2/c1-12-10-16(12)20(28)26-25-17-7-4-14(11-23-17)19-18(13-2-5-15(22)6-3-13)24-21-27(19)8-9-29-21;1-12-10-16(12)20-25-24-17-7-4-14(11-27(17)20)19-18(13-2-5-15(22)6-3-13)23-21-26(19)8-9-28-21;17-12-4-1-10(2-5-12)14-15(22-7-8-23-16(22)20-14)11-3-6-13(21-18)19-9-11;1-3-2-4(3)5(6)7/h2-9,11-12,16H,10H2,1H3,(H,23,25)(H,26,28);2-9,11-12,16H,10H2,1H3;1-9H,18H2,(H,19,21);3-4H,2H2,1H3,(H,6,7). The van der Waals surface area contributed by atoms with E-state index >= 15 is 0 Å². The maximum atomic E-state index is 13.4. The quantitative estimate of drug-likeness (QED) is 0.0562. The van der Waals surface area contributed by atoms with Gasteiger partial charge in [0.05, 0.1) is 23.0 Å².